The van der Waals surface area contributed by atoms with Gasteiger partial charge in [0, 0.05) is 56.6 Å². The number of para-hydroxylation sites is 1. The second kappa shape index (κ2) is 14.5. The van der Waals surface area contributed by atoms with Crippen molar-refractivity contribution in [2.75, 3.05) is 9.80 Å². The van der Waals surface area contributed by atoms with E-state index in [-0.39, 0.29) is 5.41 Å². The third-order valence-electron chi connectivity index (χ3n) is 12.5. The van der Waals surface area contributed by atoms with Gasteiger partial charge in [0.1, 0.15) is 11.3 Å². The van der Waals surface area contributed by atoms with Crippen molar-refractivity contribution < 1.29 is 4.42 Å². The summed E-state index contributed by atoms with van der Waals surface area (Å²) in [4.78, 5) is 4.76. The monoisotopic (exact) mass is 772 g/mol. The van der Waals surface area contributed by atoms with Crippen LogP contribution >= 0.6 is 0 Å². The molecule has 8 aromatic carbocycles. The number of furan rings is 1. The Balaban J connectivity index is 0.995. The molecule has 9 aromatic rings. The molecule has 0 unspecified atom stereocenters. The molecule has 1 heterocycles. The molecule has 3 heteroatoms. The highest BCUT2D eigenvalue weighted by Crippen LogP contribution is 2.53. The number of nitrogens with zero attached hydrogens (tertiary/aromatic N) is 2. The lowest BCUT2D eigenvalue weighted by Crippen LogP contribution is -2.17. The van der Waals surface area contributed by atoms with Crippen LogP contribution in [-0.2, 0) is 11.8 Å². The van der Waals surface area contributed by atoms with Gasteiger partial charge in [-0.15, -0.1) is 0 Å². The van der Waals surface area contributed by atoms with E-state index in [2.05, 4.69) is 230 Å². The second-order valence-corrected chi connectivity index (χ2v) is 16.5. The fourth-order valence-electron chi connectivity index (χ4n) is 9.44. The van der Waals surface area contributed by atoms with Crippen LogP contribution in [-0.4, -0.2) is 0 Å². The first kappa shape index (κ1) is 35.8. The number of allylic oxidation sites excluding steroid dienone is 1. The van der Waals surface area contributed by atoms with Gasteiger partial charge in [-0.2, -0.15) is 0 Å². The van der Waals surface area contributed by atoms with Crippen molar-refractivity contribution in [2.24, 2.45) is 0 Å². The van der Waals surface area contributed by atoms with Crippen molar-refractivity contribution in [2.45, 2.75) is 32.1 Å². The average molecular weight is 773 g/mol. The Hall–Kier alpha value is -7.36. The van der Waals surface area contributed by atoms with Crippen LogP contribution in [0.25, 0.3) is 50.4 Å². The van der Waals surface area contributed by atoms with Crippen molar-refractivity contribution >= 4 is 51.2 Å². The fourth-order valence-corrected chi connectivity index (χ4v) is 9.44. The van der Waals surface area contributed by atoms with Crippen molar-refractivity contribution in [3.05, 3.63) is 223 Å². The maximum atomic E-state index is 6.48. The van der Waals surface area contributed by atoms with E-state index >= 15 is 0 Å². The third kappa shape index (κ3) is 6.13. The number of hydrogen-bond donors (Lipinski definition) is 0. The predicted octanol–water partition coefficient (Wildman–Crippen LogP) is 16.0. The fraction of sp³-hybridized carbons (Fsp3) is 0.0877. The van der Waals surface area contributed by atoms with E-state index in [0.717, 1.165) is 58.3 Å². The highest BCUT2D eigenvalue weighted by Gasteiger charge is 2.37. The Morgan fingerprint density at radius 1 is 0.433 bits per heavy atom. The van der Waals surface area contributed by atoms with Crippen LogP contribution in [0, 0.1) is 0 Å². The SMILES string of the molecule is CC1(C)c2cc(N(c3ccccc3)c3ccc(-c4ccccc4)cc3)ccc2-c2ccc(N(c3ccc(-c4ccccc4)cc3)c3ccc4c5c(oc4c3)C=CCC5)cc21. The van der Waals surface area contributed by atoms with Crippen molar-refractivity contribution in [3.8, 4) is 33.4 Å². The number of rotatable bonds is 8. The molecule has 1 aromatic heterocycles. The Bertz CT molecular complexity index is 3030. The molecule has 11 rings (SSSR count). The standard InChI is InChI=1S/C57H44N2O/c1-57(2)53-36-46(58(43-18-10-5-11-19-43)44-26-22-41(23-27-44)39-14-6-3-7-15-39)30-33-49(53)50-34-31-47(37-54(50)57)59(45-28-24-42(25-29-45)40-16-8-4-9-17-40)48-32-35-52-51-20-12-13-21-55(51)60-56(52)38-48/h3-11,13-19,21-38H,12,20H2,1-2H3. The normalized spacial score (nSPS) is 13.4. The lowest BCUT2D eigenvalue weighted by molar-refractivity contribution is 0.595. The van der Waals surface area contributed by atoms with Gasteiger partial charge in [-0.25, -0.2) is 0 Å². The van der Waals surface area contributed by atoms with E-state index < -0.39 is 0 Å². The molecule has 0 radical (unpaired) electrons. The summed E-state index contributed by atoms with van der Waals surface area (Å²) in [5, 5.41) is 1.20. The predicted molar refractivity (Wildman–Crippen MR) is 251 cm³/mol. The Kier molecular flexibility index (Phi) is 8.63. The second-order valence-electron chi connectivity index (χ2n) is 16.5. The van der Waals surface area contributed by atoms with E-state index in [1.807, 2.05) is 0 Å². The zero-order chi connectivity index (χ0) is 40.2. The summed E-state index contributed by atoms with van der Waals surface area (Å²) in [7, 11) is 0. The van der Waals surface area contributed by atoms with Crippen LogP contribution < -0.4 is 9.80 Å². The van der Waals surface area contributed by atoms with Crippen molar-refractivity contribution in [1.82, 2.24) is 0 Å². The minimum Gasteiger partial charge on any atom is -0.456 e. The maximum Gasteiger partial charge on any atom is 0.137 e. The molecule has 2 aliphatic carbocycles. The number of aryl methyl sites for hydroxylation is 1. The molecule has 0 amide bonds. The maximum absolute atomic E-state index is 6.48. The highest BCUT2D eigenvalue weighted by molar-refractivity contribution is 5.92. The first-order chi connectivity index (χ1) is 29.5. The van der Waals surface area contributed by atoms with E-state index in [9.17, 15) is 0 Å². The van der Waals surface area contributed by atoms with Crippen LogP contribution in [0.2, 0.25) is 0 Å². The van der Waals surface area contributed by atoms with Gasteiger partial charge in [-0.05, 0) is 136 Å². The van der Waals surface area contributed by atoms with E-state index in [4.69, 9.17) is 4.42 Å². The zero-order valence-corrected chi connectivity index (χ0v) is 33.8. The molecular weight excluding hydrogens is 729 g/mol. The third-order valence-corrected chi connectivity index (χ3v) is 12.5. The Labute approximate surface area is 352 Å². The minimum atomic E-state index is -0.255. The van der Waals surface area contributed by atoms with Crippen molar-refractivity contribution in [1.29, 1.82) is 0 Å². The lowest BCUT2D eigenvalue weighted by Gasteiger charge is -2.29. The molecule has 2 aliphatic rings. The number of fused-ring (bicyclic) bond motifs is 6. The molecule has 0 atom stereocenters. The van der Waals surface area contributed by atoms with Gasteiger partial charge in [0.25, 0.3) is 0 Å². The summed E-state index contributed by atoms with van der Waals surface area (Å²) in [6, 6.07) is 70.5. The summed E-state index contributed by atoms with van der Waals surface area (Å²) in [5.41, 5.74) is 18.7. The number of benzene rings is 8. The zero-order valence-electron chi connectivity index (χ0n) is 33.8. The van der Waals surface area contributed by atoms with Gasteiger partial charge in [0.05, 0.1) is 0 Å². The van der Waals surface area contributed by atoms with Crippen molar-refractivity contribution in [3.63, 3.8) is 0 Å². The summed E-state index contributed by atoms with van der Waals surface area (Å²) < 4.78 is 6.48. The van der Waals surface area contributed by atoms with Gasteiger partial charge in [-0.3, -0.25) is 0 Å². The summed E-state index contributed by atoms with van der Waals surface area (Å²) in [6.45, 7) is 4.75. The molecule has 3 nitrogen and oxygen atoms in total. The Morgan fingerprint density at radius 2 is 0.867 bits per heavy atom. The Morgan fingerprint density at radius 3 is 1.42 bits per heavy atom. The highest BCUT2D eigenvalue weighted by atomic mass is 16.3. The molecule has 0 spiro atoms. The summed E-state index contributed by atoms with van der Waals surface area (Å²) >= 11 is 0. The topological polar surface area (TPSA) is 19.6 Å². The van der Waals surface area contributed by atoms with Gasteiger partial charge in [0.2, 0.25) is 0 Å². The molecule has 0 fully saturated rings. The minimum absolute atomic E-state index is 0.255. The molecular formula is C57H44N2O. The van der Waals surface area contributed by atoms with Gasteiger partial charge in [-0.1, -0.05) is 135 Å². The quantitative estimate of drug-likeness (QED) is 0.153. The molecule has 288 valence electrons. The first-order valence-electron chi connectivity index (χ1n) is 21.0. The molecule has 0 saturated heterocycles. The van der Waals surface area contributed by atoms with Crippen LogP contribution in [0.15, 0.2) is 205 Å². The van der Waals surface area contributed by atoms with E-state index in [1.165, 1.54) is 55.5 Å². The van der Waals surface area contributed by atoms with Crippen LogP contribution in [0.1, 0.15) is 42.7 Å². The largest absolute Gasteiger partial charge is 0.456 e. The lowest BCUT2D eigenvalue weighted by atomic mass is 9.82. The molecule has 0 bridgehead atoms. The smallest absolute Gasteiger partial charge is 0.137 e. The molecule has 60 heavy (non-hydrogen) atoms. The first-order valence-corrected chi connectivity index (χ1v) is 21.0. The van der Waals surface area contributed by atoms with E-state index in [1.54, 1.807) is 0 Å². The van der Waals surface area contributed by atoms with Gasteiger partial charge in [0.15, 0.2) is 0 Å². The summed E-state index contributed by atoms with van der Waals surface area (Å²) in [6.07, 6.45) is 6.39. The molecule has 0 N–H and O–H groups in total. The number of hydrogen-bond acceptors (Lipinski definition) is 3. The van der Waals surface area contributed by atoms with Crippen LogP contribution in [0.4, 0.5) is 34.1 Å². The van der Waals surface area contributed by atoms with Crippen LogP contribution in [0.3, 0.4) is 0 Å². The molecule has 0 saturated carbocycles. The van der Waals surface area contributed by atoms with Gasteiger partial charge < -0.3 is 14.2 Å². The van der Waals surface area contributed by atoms with Gasteiger partial charge >= 0.3 is 0 Å². The molecule has 0 aliphatic heterocycles. The van der Waals surface area contributed by atoms with Crippen LogP contribution in [0.5, 0.6) is 0 Å². The average Bonchev–Trinajstić information content (AvgIpc) is 3.79. The number of anilines is 6. The summed E-state index contributed by atoms with van der Waals surface area (Å²) in [5.74, 6) is 0.985. The van der Waals surface area contributed by atoms with E-state index in [0.29, 0.717) is 0 Å².